The van der Waals surface area contributed by atoms with Gasteiger partial charge in [-0.05, 0) is 24.3 Å². The highest BCUT2D eigenvalue weighted by Gasteiger charge is 2.14. The van der Waals surface area contributed by atoms with Crippen LogP contribution in [0.2, 0.25) is 0 Å². The Morgan fingerprint density at radius 1 is 0.667 bits per heavy atom. The predicted octanol–water partition coefficient (Wildman–Crippen LogP) is 3.94. The van der Waals surface area contributed by atoms with Gasteiger partial charge in [0.15, 0.2) is 22.0 Å². The van der Waals surface area contributed by atoms with Crippen LogP contribution in [0.15, 0.2) is 74.7 Å². The van der Waals surface area contributed by atoms with Crippen LogP contribution in [0, 0.1) is 0 Å². The highest BCUT2D eigenvalue weighted by Crippen LogP contribution is 2.25. The molecule has 0 unspecified atom stereocenters. The van der Waals surface area contributed by atoms with Gasteiger partial charge in [-0.1, -0.05) is 36.4 Å². The van der Waals surface area contributed by atoms with Gasteiger partial charge in [0.05, 0.1) is 16.4 Å². The number of hydrogen-bond acceptors (Lipinski definition) is 3. The number of nitrogens with one attached hydrogen (secondary N) is 1. The minimum Gasteiger partial charge on any atom is -0.453 e. The molecule has 1 heterocycles. The van der Waals surface area contributed by atoms with E-state index >= 15 is 0 Å². The van der Waals surface area contributed by atoms with Gasteiger partial charge in [0.1, 0.15) is 0 Å². The fourth-order valence-electron chi connectivity index (χ4n) is 3.29. The zero-order valence-electron chi connectivity index (χ0n) is 12.5. The number of benzene rings is 4. The minimum atomic E-state index is -0.160. The van der Waals surface area contributed by atoms with Crippen LogP contribution in [0.25, 0.3) is 43.7 Å². The molecule has 0 radical (unpaired) electrons. The Labute approximate surface area is 135 Å². The lowest BCUT2D eigenvalue weighted by atomic mass is 10.0. The number of aromatic amines is 1. The van der Waals surface area contributed by atoms with Crippen molar-refractivity contribution in [3.8, 4) is 0 Å². The van der Waals surface area contributed by atoms with E-state index in [9.17, 15) is 9.59 Å². The molecule has 1 aromatic heterocycles. The molecule has 0 aliphatic rings. The van der Waals surface area contributed by atoms with Crippen molar-refractivity contribution >= 4 is 43.7 Å². The van der Waals surface area contributed by atoms with E-state index in [-0.39, 0.29) is 10.9 Å². The zero-order chi connectivity index (χ0) is 16.3. The summed E-state index contributed by atoms with van der Waals surface area (Å²) in [6.45, 7) is 0. The molecule has 0 atom stereocenters. The van der Waals surface area contributed by atoms with Gasteiger partial charge in [-0.25, -0.2) is 0 Å². The minimum absolute atomic E-state index is 0.136. The first-order chi connectivity index (χ1) is 11.7. The summed E-state index contributed by atoms with van der Waals surface area (Å²) in [5.41, 5.74) is 2.28. The van der Waals surface area contributed by atoms with Crippen LogP contribution in [0.1, 0.15) is 0 Å². The molecule has 0 bridgehead atoms. The van der Waals surface area contributed by atoms with Crippen molar-refractivity contribution in [2.24, 2.45) is 0 Å². The van der Waals surface area contributed by atoms with E-state index in [2.05, 4.69) is 4.98 Å². The Hall–Kier alpha value is -3.40. The monoisotopic (exact) mass is 313 g/mol. The molecule has 4 nitrogen and oxygen atoms in total. The van der Waals surface area contributed by atoms with Gasteiger partial charge < -0.3 is 9.40 Å². The fourth-order valence-corrected chi connectivity index (χ4v) is 3.29. The molecule has 0 fully saturated rings. The fraction of sp³-hybridized carbons (Fsp3) is 0. The largest absolute Gasteiger partial charge is 0.453 e. The highest BCUT2D eigenvalue weighted by atomic mass is 16.3. The molecule has 1 N–H and O–H groups in total. The average Bonchev–Trinajstić information content (AvgIpc) is 2.63. The van der Waals surface area contributed by atoms with Gasteiger partial charge in [0, 0.05) is 16.2 Å². The quantitative estimate of drug-likeness (QED) is 0.348. The van der Waals surface area contributed by atoms with E-state index in [1.807, 2.05) is 24.3 Å². The van der Waals surface area contributed by atoms with Crippen molar-refractivity contribution in [3.05, 3.63) is 81.1 Å². The third kappa shape index (κ3) is 1.62. The zero-order valence-corrected chi connectivity index (χ0v) is 12.5. The normalized spacial score (nSPS) is 11.7. The summed E-state index contributed by atoms with van der Waals surface area (Å²) in [6.07, 6.45) is 0. The number of hydrogen-bond donors (Lipinski definition) is 1. The number of fused-ring (bicyclic) bond motifs is 5. The van der Waals surface area contributed by atoms with Crippen molar-refractivity contribution in [1.82, 2.24) is 4.98 Å². The van der Waals surface area contributed by atoms with Gasteiger partial charge in [-0.3, -0.25) is 9.59 Å². The molecule has 114 valence electrons. The van der Waals surface area contributed by atoms with Gasteiger partial charge >= 0.3 is 0 Å². The number of para-hydroxylation sites is 2. The van der Waals surface area contributed by atoms with Crippen molar-refractivity contribution < 1.29 is 4.42 Å². The summed E-state index contributed by atoms with van der Waals surface area (Å²) in [5.74, 6) is 0. The van der Waals surface area contributed by atoms with Crippen LogP contribution in [-0.4, -0.2) is 4.98 Å². The summed E-state index contributed by atoms with van der Waals surface area (Å²) in [6, 6.07) is 17.8. The Bertz CT molecular complexity index is 1390. The van der Waals surface area contributed by atoms with E-state index in [4.69, 9.17) is 4.42 Å². The first-order valence-electron chi connectivity index (χ1n) is 7.63. The molecule has 0 amide bonds. The van der Waals surface area contributed by atoms with Crippen LogP contribution < -0.4 is 10.9 Å². The second-order valence-electron chi connectivity index (χ2n) is 5.79. The number of H-pyrrole nitrogens is 1. The third-order valence-electron chi connectivity index (χ3n) is 4.42. The van der Waals surface area contributed by atoms with E-state index in [0.717, 1.165) is 5.52 Å². The highest BCUT2D eigenvalue weighted by molar-refractivity contribution is 6.09. The maximum absolute atomic E-state index is 13.0. The first-order valence-corrected chi connectivity index (χ1v) is 7.63. The maximum atomic E-state index is 13.0. The van der Waals surface area contributed by atoms with Gasteiger partial charge in [-0.15, -0.1) is 0 Å². The van der Waals surface area contributed by atoms with Gasteiger partial charge in [-0.2, -0.15) is 0 Å². The summed E-state index contributed by atoms with van der Waals surface area (Å²) in [4.78, 5) is 29.0. The lowest BCUT2D eigenvalue weighted by Crippen LogP contribution is -2.13. The lowest BCUT2D eigenvalue weighted by molar-refractivity contribution is 0.657. The third-order valence-corrected chi connectivity index (χ3v) is 4.42. The second-order valence-corrected chi connectivity index (χ2v) is 5.79. The Morgan fingerprint density at radius 2 is 1.38 bits per heavy atom. The smallest absolute Gasteiger partial charge is 0.196 e. The van der Waals surface area contributed by atoms with E-state index in [1.54, 1.807) is 36.4 Å². The topological polar surface area (TPSA) is 63.1 Å². The Morgan fingerprint density at radius 3 is 2.21 bits per heavy atom. The molecular weight excluding hydrogens is 302 g/mol. The average molecular weight is 313 g/mol. The SMILES string of the molecule is O=c1c2ccccc2c(=O)c2c1ccc1oc3ccccc3[nH]c12. The van der Waals surface area contributed by atoms with Crippen molar-refractivity contribution in [2.75, 3.05) is 0 Å². The van der Waals surface area contributed by atoms with Crippen molar-refractivity contribution in [3.63, 3.8) is 0 Å². The molecule has 4 heteroatoms. The number of aromatic nitrogens is 1. The standard InChI is InChI=1S/C20H11NO3/c22-19-11-5-1-2-6-12(11)20(23)17-13(19)9-10-16-18(17)21-14-7-3-4-8-15(14)24-16/h1-10,21H. The molecule has 0 spiro atoms. The van der Waals surface area contributed by atoms with Crippen LogP contribution in [0.3, 0.4) is 0 Å². The molecule has 5 rings (SSSR count). The van der Waals surface area contributed by atoms with Gasteiger partial charge in [0.2, 0.25) is 0 Å². The van der Waals surface area contributed by atoms with E-state index < -0.39 is 0 Å². The molecule has 0 saturated heterocycles. The molecule has 4 aromatic carbocycles. The van der Waals surface area contributed by atoms with Crippen LogP contribution in [0.4, 0.5) is 0 Å². The summed E-state index contributed by atoms with van der Waals surface area (Å²) in [5, 5.41) is 1.68. The molecule has 0 aliphatic heterocycles. The molecule has 24 heavy (non-hydrogen) atoms. The predicted molar refractivity (Wildman–Crippen MR) is 95.6 cm³/mol. The van der Waals surface area contributed by atoms with Crippen LogP contribution >= 0.6 is 0 Å². The van der Waals surface area contributed by atoms with Crippen molar-refractivity contribution in [2.45, 2.75) is 0 Å². The Balaban J connectivity index is 2.13. The van der Waals surface area contributed by atoms with Crippen LogP contribution in [0.5, 0.6) is 0 Å². The second kappa shape index (κ2) is 4.55. The van der Waals surface area contributed by atoms with E-state index in [0.29, 0.717) is 38.2 Å². The molecule has 5 aromatic rings. The van der Waals surface area contributed by atoms with E-state index in [1.165, 1.54) is 0 Å². The Kier molecular flexibility index (Phi) is 2.48. The maximum Gasteiger partial charge on any atom is 0.196 e. The molecule has 0 saturated carbocycles. The number of rotatable bonds is 0. The summed E-state index contributed by atoms with van der Waals surface area (Å²) < 4.78 is 5.89. The molecule has 0 aliphatic carbocycles. The lowest BCUT2D eigenvalue weighted by Gasteiger charge is -2.06. The first kappa shape index (κ1) is 13.1. The van der Waals surface area contributed by atoms with Crippen LogP contribution in [-0.2, 0) is 0 Å². The summed E-state index contributed by atoms with van der Waals surface area (Å²) in [7, 11) is 0. The van der Waals surface area contributed by atoms with Gasteiger partial charge in [0.25, 0.3) is 0 Å². The summed E-state index contributed by atoms with van der Waals surface area (Å²) >= 11 is 0. The molecular formula is C20H11NO3. The van der Waals surface area contributed by atoms with Crippen molar-refractivity contribution in [1.29, 1.82) is 0 Å².